The van der Waals surface area contributed by atoms with Crippen LogP contribution in [0.4, 0.5) is 5.69 Å². The Morgan fingerprint density at radius 3 is 2.85 bits per heavy atom. The highest BCUT2D eigenvalue weighted by atomic mass is 32.2. The maximum absolute atomic E-state index is 12.9. The van der Waals surface area contributed by atoms with Crippen molar-refractivity contribution in [2.24, 2.45) is 5.92 Å². The number of ether oxygens (including phenoxy) is 1. The third-order valence-corrected chi connectivity index (χ3v) is 6.44. The third kappa shape index (κ3) is 3.57. The summed E-state index contributed by atoms with van der Waals surface area (Å²) in [5.74, 6) is 1.18. The molecule has 7 heteroatoms. The monoisotopic (exact) mass is 377 g/mol. The van der Waals surface area contributed by atoms with Crippen molar-refractivity contribution in [2.45, 2.75) is 37.8 Å². The number of fused-ring (bicyclic) bond motifs is 4. The van der Waals surface area contributed by atoms with Crippen LogP contribution in [-0.2, 0) is 16.1 Å². The second-order valence-electron chi connectivity index (χ2n) is 7.66. The van der Waals surface area contributed by atoms with Crippen LogP contribution in [0, 0.1) is 5.92 Å². The van der Waals surface area contributed by atoms with Gasteiger partial charge in [0.15, 0.2) is 0 Å². The zero-order chi connectivity index (χ0) is 18.1. The minimum atomic E-state index is -0.114. The Morgan fingerprint density at radius 1 is 1.27 bits per heavy atom. The summed E-state index contributed by atoms with van der Waals surface area (Å²) < 4.78 is 7.42. The first-order valence-corrected chi connectivity index (χ1v) is 10.9. The number of carbonyl (C=O) groups excluding carboxylic acids is 1. The van der Waals surface area contributed by atoms with E-state index >= 15 is 0 Å². The molecule has 1 aromatic heterocycles. The van der Waals surface area contributed by atoms with Gasteiger partial charge in [-0.15, -0.1) is 0 Å². The van der Waals surface area contributed by atoms with Gasteiger partial charge in [-0.2, -0.15) is 11.8 Å². The molecular formula is C19H27N3O3S. The summed E-state index contributed by atoms with van der Waals surface area (Å²) in [5, 5.41) is 2.77. The van der Waals surface area contributed by atoms with Crippen LogP contribution < -0.4 is 10.9 Å². The number of amides is 1. The molecule has 4 rings (SSSR count). The van der Waals surface area contributed by atoms with Gasteiger partial charge in [0.2, 0.25) is 5.91 Å². The first kappa shape index (κ1) is 18.1. The van der Waals surface area contributed by atoms with Gasteiger partial charge in [-0.1, -0.05) is 0 Å². The molecule has 0 aliphatic carbocycles. The van der Waals surface area contributed by atoms with E-state index in [-0.39, 0.29) is 11.5 Å². The van der Waals surface area contributed by atoms with E-state index in [1.54, 1.807) is 6.07 Å². The molecule has 0 aromatic carbocycles. The Balaban J connectivity index is 1.54. The molecule has 6 nitrogen and oxygen atoms in total. The minimum Gasteiger partial charge on any atom is -0.381 e. The highest BCUT2D eigenvalue weighted by Crippen LogP contribution is 2.37. The molecule has 1 amide bonds. The Bertz CT molecular complexity index is 729. The van der Waals surface area contributed by atoms with Crippen molar-refractivity contribution in [3.63, 3.8) is 0 Å². The summed E-state index contributed by atoms with van der Waals surface area (Å²) in [6, 6.07) is 4.46. The number of piperidine rings is 1. The number of hydrogen-bond donors (Lipinski definition) is 1. The second-order valence-corrected chi connectivity index (χ2v) is 8.53. The lowest BCUT2D eigenvalue weighted by Crippen LogP contribution is -2.51. The van der Waals surface area contributed by atoms with Crippen molar-refractivity contribution in [1.29, 1.82) is 0 Å². The van der Waals surface area contributed by atoms with E-state index in [0.29, 0.717) is 29.3 Å². The number of carbonyl (C=O) groups is 1. The van der Waals surface area contributed by atoms with E-state index in [1.807, 2.05) is 16.9 Å². The first-order valence-electron chi connectivity index (χ1n) is 9.50. The fraction of sp³-hybridized carbons (Fsp3) is 0.684. The van der Waals surface area contributed by atoms with Crippen molar-refractivity contribution in [3.05, 3.63) is 28.2 Å². The molecule has 0 unspecified atom stereocenters. The number of nitrogens with zero attached hydrogens (tertiary/aromatic N) is 2. The van der Waals surface area contributed by atoms with Gasteiger partial charge in [0.25, 0.3) is 5.56 Å². The average Bonchev–Trinajstić information content (AvgIpc) is 2.65. The van der Waals surface area contributed by atoms with Gasteiger partial charge in [0.05, 0.1) is 5.75 Å². The van der Waals surface area contributed by atoms with Crippen molar-refractivity contribution >= 4 is 23.4 Å². The van der Waals surface area contributed by atoms with Gasteiger partial charge in [-0.05, 0) is 43.6 Å². The van der Waals surface area contributed by atoms with E-state index in [9.17, 15) is 9.59 Å². The van der Waals surface area contributed by atoms with Gasteiger partial charge < -0.3 is 14.6 Å². The molecule has 0 spiro atoms. The van der Waals surface area contributed by atoms with Crippen LogP contribution in [0.2, 0.25) is 0 Å². The van der Waals surface area contributed by atoms with Crippen molar-refractivity contribution in [2.75, 3.05) is 43.6 Å². The fourth-order valence-electron chi connectivity index (χ4n) is 4.74. The zero-order valence-electron chi connectivity index (χ0n) is 15.3. The molecule has 0 radical (unpaired) electrons. The molecule has 142 valence electrons. The average molecular weight is 378 g/mol. The fourth-order valence-corrected chi connectivity index (χ4v) is 5.08. The van der Waals surface area contributed by atoms with E-state index in [2.05, 4.69) is 10.2 Å². The van der Waals surface area contributed by atoms with Crippen LogP contribution in [-0.4, -0.2) is 59.7 Å². The van der Waals surface area contributed by atoms with E-state index in [0.717, 1.165) is 57.8 Å². The van der Waals surface area contributed by atoms with Gasteiger partial charge >= 0.3 is 0 Å². The maximum atomic E-state index is 12.9. The molecular weight excluding hydrogens is 350 g/mol. The quantitative estimate of drug-likeness (QED) is 0.866. The standard InChI is InChI=1S/C19H27N3O3S/c1-26-12-18(23)20-16-2-3-17-14-8-13(10-22(17)19(16)24)9-21(11-14)15-4-6-25-7-5-15/h2-3,13-15H,4-12H2,1H3,(H,20,23)/t13-,14-/m1/s1. The molecule has 4 heterocycles. The Kier molecular flexibility index (Phi) is 5.38. The van der Waals surface area contributed by atoms with Crippen LogP contribution in [0.1, 0.15) is 30.9 Å². The van der Waals surface area contributed by atoms with Gasteiger partial charge in [-0.25, -0.2) is 0 Å². The van der Waals surface area contributed by atoms with Gasteiger partial charge in [0, 0.05) is 50.5 Å². The lowest BCUT2D eigenvalue weighted by Gasteiger charge is -2.46. The smallest absolute Gasteiger partial charge is 0.274 e. The van der Waals surface area contributed by atoms with Crippen LogP contribution in [0.3, 0.4) is 0 Å². The molecule has 2 fully saturated rings. The molecule has 2 atom stereocenters. The van der Waals surface area contributed by atoms with Crippen molar-refractivity contribution in [3.8, 4) is 0 Å². The number of nitrogens with one attached hydrogen (secondary N) is 1. The molecule has 3 aliphatic rings. The zero-order valence-corrected chi connectivity index (χ0v) is 16.1. The molecule has 2 bridgehead atoms. The lowest BCUT2D eigenvalue weighted by atomic mass is 9.82. The predicted molar refractivity (Wildman–Crippen MR) is 104 cm³/mol. The summed E-state index contributed by atoms with van der Waals surface area (Å²) in [6.07, 6.45) is 5.28. The van der Waals surface area contributed by atoms with Gasteiger partial charge in [-0.3, -0.25) is 14.5 Å². The number of hydrogen-bond acceptors (Lipinski definition) is 5. The highest BCUT2D eigenvalue weighted by Gasteiger charge is 2.37. The Hall–Kier alpha value is -1.31. The number of pyridine rings is 1. The molecule has 3 aliphatic heterocycles. The summed E-state index contributed by atoms with van der Waals surface area (Å²) in [7, 11) is 0. The van der Waals surface area contributed by atoms with Crippen LogP contribution in [0.25, 0.3) is 0 Å². The number of aromatic nitrogens is 1. The second kappa shape index (κ2) is 7.74. The number of anilines is 1. The highest BCUT2D eigenvalue weighted by molar-refractivity contribution is 7.99. The topological polar surface area (TPSA) is 63.6 Å². The largest absolute Gasteiger partial charge is 0.381 e. The molecule has 0 saturated carbocycles. The number of rotatable bonds is 4. The van der Waals surface area contributed by atoms with Crippen LogP contribution in [0.15, 0.2) is 16.9 Å². The van der Waals surface area contributed by atoms with E-state index in [1.165, 1.54) is 11.8 Å². The van der Waals surface area contributed by atoms with Crippen molar-refractivity contribution in [1.82, 2.24) is 9.47 Å². The number of thioether (sulfide) groups is 1. The van der Waals surface area contributed by atoms with Gasteiger partial charge in [0.1, 0.15) is 5.69 Å². The maximum Gasteiger partial charge on any atom is 0.274 e. The first-order chi connectivity index (χ1) is 12.7. The third-order valence-electron chi connectivity index (χ3n) is 5.89. The van der Waals surface area contributed by atoms with Crippen LogP contribution >= 0.6 is 11.8 Å². The van der Waals surface area contributed by atoms with E-state index < -0.39 is 0 Å². The SMILES string of the molecule is CSCC(=O)Nc1ccc2n(c1=O)C[C@@H]1C[C@@H]2CN(C2CCOCC2)C1. The minimum absolute atomic E-state index is 0.0498. The van der Waals surface area contributed by atoms with E-state index in [4.69, 9.17) is 4.74 Å². The van der Waals surface area contributed by atoms with Crippen molar-refractivity contribution < 1.29 is 9.53 Å². The Morgan fingerprint density at radius 2 is 2.08 bits per heavy atom. The Labute approximate surface area is 158 Å². The summed E-state index contributed by atoms with van der Waals surface area (Å²) >= 11 is 1.46. The normalized spacial score (nSPS) is 26.3. The predicted octanol–water partition coefficient (Wildman–Crippen LogP) is 1.75. The molecule has 26 heavy (non-hydrogen) atoms. The summed E-state index contributed by atoms with van der Waals surface area (Å²) in [6.45, 7) is 4.59. The molecule has 1 aromatic rings. The molecule has 2 saturated heterocycles. The number of likely N-dealkylation sites (tertiary alicyclic amines) is 1. The summed E-state index contributed by atoms with van der Waals surface area (Å²) in [5.41, 5.74) is 1.49. The molecule has 1 N–H and O–H groups in total. The van der Waals surface area contributed by atoms with Crippen LogP contribution in [0.5, 0.6) is 0 Å². The lowest BCUT2D eigenvalue weighted by molar-refractivity contribution is -0.113. The summed E-state index contributed by atoms with van der Waals surface area (Å²) in [4.78, 5) is 27.4.